The van der Waals surface area contributed by atoms with Crippen LogP contribution in [0.25, 0.3) is 0 Å². The Bertz CT molecular complexity index is 244. The predicted molar refractivity (Wildman–Crippen MR) is 64.1 cm³/mol. The molecule has 0 heterocycles. The molecule has 94 valence electrons. The normalized spacial score (nSPS) is 15.2. The summed E-state index contributed by atoms with van der Waals surface area (Å²) in [6.45, 7) is 9.11. The summed E-state index contributed by atoms with van der Waals surface area (Å²) in [5.74, 6) is -0.908. The molecule has 0 amide bonds. The van der Waals surface area contributed by atoms with E-state index in [1.165, 1.54) is 0 Å². The monoisotopic (exact) mass is 228 g/mol. The van der Waals surface area contributed by atoms with Gasteiger partial charge < -0.3 is 5.11 Å². The number of aliphatic hydroxyl groups is 1. The van der Waals surface area contributed by atoms with Crippen molar-refractivity contribution in [3.8, 4) is 0 Å². The van der Waals surface area contributed by atoms with E-state index in [-0.39, 0.29) is 35.4 Å². The van der Waals surface area contributed by atoms with Gasteiger partial charge >= 0.3 is 0 Å². The molecule has 0 saturated heterocycles. The van der Waals surface area contributed by atoms with Crippen LogP contribution in [0, 0.1) is 17.8 Å². The minimum absolute atomic E-state index is 0.197. The molecule has 16 heavy (non-hydrogen) atoms. The van der Waals surface area contributed by atoms with Crippen LogP contribution in [-0.4, -0.2) is 22.8 Å². The van der Waals surface area contributed by atoms with Crippen molar-refractivity contribution in [3.63, 3.8) is 0 Å². The zero-order valence-corrected chi connectivity index (χ0v) is 11.0. The Morgan fingerprint density at radius 3 is 1.81 bits per heavy atom. The standard InChI is InChI=1S/C13H24O3/c1-8(2)11(14)7-6-10(5)13(16)12(15)9(3)4/h8-11,14H,6-7H2,1-5H3/t10-,11+/m1/s1. The molecule has 0 aliphatic rings. The molecule has 0 aliphatic heterocycles. The van der Waals surface area contributed by atoms with E-state index >= 15 is 0 Å². The molecule has 0 bridgehead atoms. The van der Waals surface area contributed by atoms with Gasteiger partial charge in [-0.3, -0.25) is 9.59 Å². The van der Waals surface area contributed by atoms with Crippen molar-refractivity contribution in [2.75, 3.05) is 0 Å². The minimum Gasteiger partial charge on any atom is -0.393 e. The number of hydrogen-bond donors (Lipinski definition) is 1. The van der Waals surface area contributed by atoms with Gasteiger partial charge in [0.15, 0.2) is 0 Å². The van der Waals surface area contributed by atoms with Crippen molar-refractivity contribution in [2.24, 2.45) is 17.8 Å². The third kappa shape index (κ3) is 4.88. The smallest absolute Gasteiger partial charge is 0.201 e. The summed E-state index contributed by atoms with van der Waals surface area (Å²) in [4.78, 5) is 23.1. The maximum atomic E-state index is 11.6. The number of Topliss-reactive ketones (excluding diaryl/α,β-unsaturated/α-hetero) is 2. The summed E-state index contributed by atoms with van der Waals surface area (Å²) >= 11 is 0. The second-order valence-electron chi connectivity index (χ2n) is 5.17. The van der Waals surface area contributed by atoms with Crippen LogP contribution in [0.1, 0.15) is 47.5 Å². The summed E-state index contributed by atoms with van der Waals surface area (Å²) in [7, 11) is 0. The first kappa shape index (κ1) is 15.3. The van der Waals surface area contributed by atoms with E-state index in [1.54, 1.807) is 20.8 Å². The zero-order chi connectivity index (χ0) is 12.9. The molecule has 1 N–H and O–H groups in total. The fourth-order valence-corrected chi connectivity index (χ4v) is 1.41. The van der Waals surface area contributed by atoms with E-state index in [2.05, 4.69) is 0 Å². The van der Waals surface area contributed by atoms with E-state index in [1.807, 2.05) is 13.8 Å². The maximum absolute atomic E-state index is 11.6. The van der Waals surface area contributed by atoms with Gasteiger partial charge in [-0.2, -0.15) is 0 Å². The quantitative estimate of drug-likeness (QED) is 0.680. The highest BCUT2D eigenvalue weighted by Crippen LogP contribution is 2.15. The average molecular weight is 228 g/mol. The summed E-state index contributed by atoms with van der Waals surface area (Å²) in [5.41, 5.74) is 0. The van der Waals surface area contributed by atoms with Crippen molar-refractivity contribution in [1.82, 2.24) is 0 Å². The largest absolute Gasteiger partial charge is 0.393 e. The number of aliphatic hydroxyl groups excluding tert-OH is 1. The molecular formula is C13H24O3. The number of carbonyl (C=O) groups is 2. The molecule has 0 aromatic carbocycles. The Kier molecular flexibility index (Phi) is 6.49. The van der Waals surface area contributed by atoms with Crippen LogP contribution in [0.4, 0.5) is 0 Å². The molecule has 0 unspecified atom stereocenters. The van der Waals surface area contributed by atoms with E-state index in [4.69, 9.17) is 0 Å². The van der Waals surface area contributed by atoms with Gasteiger partial charge in [-0.05, 0) is 18.8 Å². The van der Waals surface area contributed by atoms with Crippen molar-refractivity contribution in [2.45, 2.75) is 53.6 Å². The van der Waals surface area contributed by atoms with Crippen molar-refractivity contribution >= 4 is 11.6 Å². The van der Waals surface area contributed by atoms with Gasteiger partial charge in [0.2, 0.25) is 11.6 Å². The highest BCUT2D eigenvalue weighted by atomic mass is 16.3. The lowest BCUT2D eigenvalue weighted by Crippen LogP contribution is -2.27. The molecule has 0 spiro atoms. The van der Waals surface area contributed by atoms with E-state index < -0.39 is 0 Å². The Labute approximate surface area is 98.2 Å². The average Bonchev–Trinajstić information content (AvgIpc) is 2.22. The van der Waals surface area contributed by atoms with Gasteiger partial charge in [0.05, 0.1) is 6.10 Å². The van der Waals surface area contributed by atoms with Crippen LogP contribution in [0.3, 0.4) is 0 Å². The third-order valence-corrected chi connectivity index (χ3v) is 2.88. The Hall–Kier alpha value is -0.700. The molecule has 0 aromatic heterocycles. The highest BCUT2D eigenvalue weighted by molar-refractivity contribution is 6.38. The van der Waals surface area contributed by atoms with Gasteiger partial charge in [-0.25, -0.2) is 0 Å². The molecule has 0 radical (unpaired) electrons. The minimum atomic E-state index is -0.385. The topological polar surface area (TPSA) is 54.4 Å². The van der Waals surface area contributed by atoms with E-state index in [0.29, 0.717) is 12.8 Å². The van der Waals surface area contributed by atoms with Gasteiger partial charge in [0.25, 0.3) is 0 Å². The van der Waals surface area contributed by atoms with Gasteiger partial charge in [0.1, 0.15) is 0 Å². The van der Waals surface area contributed by atoms with Gasteiger partial charge in [-0.15, -0.1) is 0 Å². The van der Waals surface area contributed by atoms with Crippen molar-refractivity contribution < 1.29 is 14.7 Å². The fraction of sp³-hybridized carbons (Fsp3) is 0.846. The van der Waals surface area contributed by atoms with Crippen LogP contribution in [0.15, 0.2) is 0 Å². The number of rotatable bonds is 7. The summed E-state index contributed by atoms with van der Waals surface area (Å²) in [6, 6.07) is 0. The number of carbonyl (C=O) groups excluding carboxylic acids is 2. The van der Waals surface area contributed by atoms with Crippen LogP contribution < -0.4 is 0 Å². The van der Waals surface area contributed by atoms with Gasteiger partial charge in [-0.1, -0.05) is 34.6 Å². The SMILES string of the molecule is CC(C)C(=O)C(=O)[C@H](C)CC[C@H](O)C(C)C. The van der Waals surface area contributed by atoms with Crippen LogP contribution in [0.2, 0.25) is 0 Å². The molecule has 0 aromatic rings. The molecule has 0 saturated carbocycles. The summed E-state index contributed by atoms with van der Waals surface area (Å²) < 4.78 is 0. The molecule has 0 rings (SSSR count). The van der Waals surface area contributed by atoms with E-state index in [0.717, 1.165) is 0 Å². The Balaban J connectivity index is 4.12. The first-order chi connectivity index (χ1) is 7.27. The van der Waals surface area contributed by atoms with Crippen LogP contribution in [0.5, 0.6) is 0 Å². The molecular weight excluding hydrogens is 204 g/mol. The first-order valence-corrected chi connectivity index (χ1v) is 6.03. The molecule has 3 nitrogen and oxygen atoms in total. The molecule has 2 atom stereocenters. The predicted octanol–water partition coefficient (Wildman–Crippen LogP) is 2.21. The number of ketones is 2. The van der Waals surface area contributed by atoms with Crippen molar-refractivity contribution in [3.05, 3.63) is 0 Å². The first-order valence-electron chi connectivity index (χ1n) is 6.03. The van der Waals surface area contributed by atoms with Crippen LogP contribution in [-0.2, 0) is 9.59 Å². The van der Waals surface area contributed by atoms with Crippen molar-refractivity contribution in [1.29, 1.82) is 0 Å². The Morgan fingerprint density at radius 2 is 1.44 bits per heavy atom. The lowest BCUT2D eigenvalue weighted by atomic mass is 9.90. The third-order valence-electron chi connectivity index (χ3n) is 2.88. The molecule has 3 heteroatoms. The second-order valence-corrected chi connectivity index (χ2v) is 5.17. The summed E-state index contributed by atoms with van der Waals surface area (Å²) in [6.07, 6.45) is 0.775. The summed E-state index contributed by atoms with van der Waals surface area (Å²) in [5, 5.41) is 9.61. The fourth-order valence-electron chi connectivity index (χ4n) is 1.41. The lowest BCUT2D eigenvalue weighted by Gasteiger charge is -2.16. The van der Waals surface area contributed by atoms with Gasteiger partial charge in [0, 0.05) is 11.8 Å². The van der Waals surface area contributed by atoms with Crippen LogP contribution >= 0.6 is 0 Å². The molecule has 0 fully saturated rings. The number of hydrogen-bond acceptors (Lipinski definition) is 3. The highest BCUT2D eigenvalue weighted by Gasteiger charge is 2.24. The molecule has 0 aliphatic carbocycles. The lowest BCUT2D eigenvalue weighted by molar-refractivity contribution is -0.140. The maximum Gasteiger partial charge on any atom is 0.201 e. The van der Waals surface area contributed by atoms with E-state index in [9.17, 15) is 14.7 Å². The second kappa shape index (κ2) is 6.79. The zero-order valence-electron chi connectivity index (χ0n) is 11.0. The Morgan fingerprint density at radius 1 is 0.938 bits per heavy atom.